The van der Waals surface area contributed by atoms with Crippen LogP contribution in [-0.4, -0.2) is 29.3 Å². The van der Waals surface area contributed by atoms with Gasteiger partial charge in [0.25, 0.3) is 0 Å². The Morgan fingerprint density at radius 2 is 1.93 bits per heavy atom. The summed E-state index contributed by atoms with van der Waals surface area (Å²) in [6.07, 6.45) is 2.07. The van der Waals surface area contributed by atoms with Gasteiger partial charge in [-0.3, -0.25) is 14.4 Å². The number of amides is 1. The Morgan fingerprint density at radius 3 is 2.47 bits per heavy atom. The zero-order chi connectivity index (χ0) is 11.3. The first kappa shape index (κ1) is 11.7. The maximum atomic E-state index is 11.5. The summed E-state index contributed by atoms with van der Waals surface area (Å²) in [7, 11) is 0. The van der Waals surface area contributed by atoms with E-state index in [2.05, 4.69) is 5.32 Å². The number of carbonyl (C=O) groups is 3. The number of Topliss-reactive ketones (excluding diaryl/α,β-unsaturated/α-hetero) is 1. The first-order chi connectivity index (χ1) is 7.09. The van der Waals surface area contributed by atoms with Crippen molar-refractivity contribution >= 4 is 17.7 Å². The number of carbonyl (C=O) groups excluding carboxylic acids is 2. The Morgan fingerprint density at radius 1 is 1.33 bits per heavy atom. The van der Waals surface area contributed by atoms with Gasteiger partial charge in [0.05, 0.1) is 6.42 Å². The van der Waals surface area contributed by atoms with Crippen molar-refractivity contribution in [1.82, 2.24) is 5.32 Å². The minimum absolute atomic E-state index is 0.0581. The van der Waals surface area contributed by atoms with E-state index in [-0.39, 0.29) is 30.6 Å². The van der Waals surface area contributed by atoms with Crippen LogP contribution in [0.4, 0.5) is 0 Å². The average molecular weight is 213 g/mol. The summed E-state index contributed by atoms with van der Waals surface area (Å²) in [5.41, 5.74) is 0. The molecule has 0 saturated heterocycles. The van der Waals surface area contributed by atoms with Crippen molar-refractivity contribution < 1.29 is 19.5 Å². The molecule has 0 radical (unpaired) electrons. The second-order valence-electron chi connectivity index (χ2n) is 3.75. The molecule has 2 N–H and O–H groups in total. The van der Waals surface area contributed by atoms with Crippen molar-refractivity contribution in [1.29, 1.82) is 0 Å². The highest BCUT2D eigenvalue weighted by Gasteiger charge is 2.24. The lowest BCUT2D eigenvalue weighted by molar-refractivity contribution is -0.137. The largest absolute Gasteiger partial charge is 0.481 e. The maximum Gasteiger partial charge on any atom is 0.305 e. The number of rotatable bonds is 4. The van der Waals surface area contributed by atoms with E-state index in [0.29, 0.717) is 25.7 Å². The number of carboxylic acid groups (broad SMARTS) is 1. The summed E-state index contributed by atoms with van der Waals surface area (Å²) in [5.74, 6) is -0.945. The molecule has 1 rings (SSSR count). The molecule has 84 valence electrons. The summed E-state index contributed by atoms with van der Waals surface area (Å²) in [6, 6.07) is 0. The minimum Gasteiger partial charge on any atom is -0.481 e. The fourth-order valence-corrected chi connectivity index (χ4v) is 1.64. The second kappa shape index (κ2) is 5.48. The molecule has 1 aliphatic carbocycles. The van der Waals surface area contributed by atoms with Gasteiger partial charge in [-0.15, -0.1) is 0 Å². The molecule has 0 aromatic heterocycles. The molecule has 0 aliphatic heterocycles. The lowest BCUT2D eigenvalue weighted by Gasteiger charge is -2.19. The molecule has 15 heavy (non-hydrogen) atoms. The van der Waals surface area contributed by atoms with Crippen molar-refractivity contribution in [3.05, 3.63) is 0 Å². The molecular weight excluding hydrogens is 198 g/mol. The Bertz CT molecular complexity index is 265. The fourth-order valence-electron chi connectivity index (χ4n) is 1.64. The number of hydrogen-bond acceptors (Lipinski definition) is 3. The molecule has 0 spiro atoms. The van der Waals surface area contributed by atoms with E-state index >= 15 is 0 Å². The van der Waals surface area contributed by atoms with Crippen LogP contribution in [0.2, 0.25) is 0 Å². The lowest BCUT2D eigenvalue weighted by Crippen LogP contribution is -2.34. The van der Waals surface area contributed by atoms with E-state index in [0.717, 1.165) is 0 Å². The van der Waals surface area contributed by atoms with Crippen LogP contribution in [0.1, 0.15) is 32.1 Å². The Kier molecular flexibility index (Phi) is 4.27. The first-order valence-corrected chi connectivity index (χ1v) is 5.11. The highest BCUT2D eigenvalue weighted by atomic mass is 16.4. The molecule has 0 unspecified atom stereocenters. The molecule has 5 nitrogen and oxygen atoms in total. The van der Waals surface area contributed by atoms with E-state index in [1.807, 2.05) is 0 Å². The number of hydrogen-bond donors (Lipinski definition) is 2. The predicted molar refractivity (Wildman–Crippen MR) is 52.2 cm³/mol. The summed E-state index contributed by atoms with van der Waals surface area (Å²) in [6.45, 7) is 0.165. The van der Waals surface area contributed by atoms with Gasteiger partial charge in [0, 0.05) is 25.3 Å². The van der Waals surface area contributed by atoms with E-state index in [9.17, 15) is 14.4 Å². The standard InChI is InChI=1S/C10H15NO4/c12-8-3-1-7(2-4-8)10(15)11-6-5-9(13)14/h7H,1-6H2,(H,11,15)(H,13,14). The van der Waals surface area contributed by atoms with Crippen molar-refractivity contribution in [2.75, 3.05) is 6.54 Å². The molecule has 0 bridgehead atoms. The molecule has 1 aliphatic rings. The van der Waals surface area contributed by atoms with Gasteiger partial charge in [-0.2, -0.15) is 0 Å². The Hall–Kier alpha value is -1.39. The molecular formula is C10H15NO4. The van der Waals surface area contributed by atoms with Gasteiger partial charge in [0.15, 0.2) is 0 Å². The molecule has 1 amide bonds. The van der Waals surface area contributed by atoms with Gasteiger partial charge < -0.3 is 10.4 Å². The van der Waals surface area contributed by atoms with Crippen LogP contribution in [0.5, 0.6) is 0 Å². The van der Waals surface area contributed by atoms with Gasteiger partial charge in [-0.05, 0) is 12.8 Å². The van der Waals surface area contributed by atoms with Crippen LogP contribution in [0.25, 0.3) is 0 Å². The fraction of sp³-hybridized carbons (Fsp3) is 0.700. The third-order valence-corrected chi connectivity index (χ3v) is 2.55. The summed E-state index contributed by atoms with van der Waals surface area (Å²) >= 11 is 0. The summed E-state index contributed by atoms with van der Waals surface area (Å²) in [5, 5.41) is 10.9. The SMILES string of the molecule is O=C(O)CCNC(=O)C1CCC(=O)CC1. The molecule has 0 aromatic carbocycles. The van der Waals surface area contributed by atoms with Gasteiger partial charge >= 0.3 is 5.97 Å². The molecule has 0 aromatic rings. The van der Waals surface area contributed by atoms with Crippen molar-refractivity contribution in [3.8, 4) is 0 Å². The molecule has 0 heterocycles. The van der Waals surface area contributed by atoms with Crippen molar-refractivity contribution in [2.45, 2.75) is 32.1 Å². The highest BCUT2D eigenvalue weighted by molar-refractivity contribution is 5.84. The maximum absolute atomic E-state index is 11.5. The van der Waals surface area contributed by atoms with Gasteiger partial charge in [0.2, 0.25) is 5.91 Å². The first-order valence-electron chi connectivity index (χ1n) is 5.11. The van der Waals surface area contributed by atoms with Crippen LogP contribution in [0.15, 0.2) is 0 Å². The quantitative estimate of drug-likeness (QED) is 0.705. The topological polar surface area (TPSA) is 83.5 Å². The zero-order valence-corrected chi connectivity index (χ0v) is 8.49. The number of nitrogens with one attached hydrogen (secondary N) is 1. The number of carboxylic acids is 1. The van der Waals surface area contributed by atoms with Gasteiger partial charge in [-0.25, -0.2) is 0 Å². The van der Waals surface area contributed by atoms with Crippen molar-refractivity contribution in [2.24, 2.45) is 5.92 Å². The third-order valence-electron chi connectivity index (χ3n) is 2.55. The average Bonchev–Trinajstić information content (AvgIpc) is 2.18. The molecule has 1 saturated carbocycles. The minimum atomic E-state index is -0.922. The normalized spacial score (nSPS) is 17.5. The monoisotopic (exact) mass is 213 g/mol. The molecule has 5 heteroatoms. The summed E-state index contributed by atoms with van der Waals surface area (Å²) < 4.78 is 0. The van der Waals surface area contributed by atoms with E-state index in [1.54, 1.807) is 0 Å². The zero-order valence-electron chi connectivity index (χ0n) is 8.49. The van der Waals surface area contributed by atoms with Crippen LogP contribution in [-0.2, 0) is 14.4 Å². The van der Waals surface area contributed by atoms with Crippen LogP contribution < -0.4 is 5.32 Å². The lowest BCUT2D eigenvalue weighted by atomic mass is 9.88. The molecule has 1 fully saturated rings. The predicted octanol–water partition coefficient (Wildman–Crippen LogP) is 0.337. The highest BCUT2D eigenvalue weighted by Crippen LogP contribution is 2.21. The Labute approximate surface area is 87.8 Å². The van der Waals surface area contributed by atoms with E-state index in [4.69, 9.17) is 5.11 Å². The smallest absolute Gasteiger partial charge is 0.305 e. The van der Waals surface area contributed by atoms with Crippen LogP contribution in [0.3, 0.4) is 0 Å². The Balaban J connectivity index is 2.22. The van der Waals surface area contributed by atoms with Gasteiger partial charge in [0.1, 0.15) is 5.78 Å². The van der Waals surface area contributed by atoms with Gasteiger partial charge in [-0.1, -0.05) is 0 Å². The van der Waals surface area contributed by atoms with E-state index in [1.165, 1.54) is 0 Å². The number of ketones is 1. The van der Waals surface area contributed by atoms with Crippen LogP contribution in [0, 0.1) is 5.92 Å². The second-order valence-corrected chi connectivity index (χ2v) is 3.75. The third kappa shape index (κ3) is 4.10. The van der Waals surface area contributed by atoms with Crippen molar-refractivity contribution in [3.63, 3.8) is 0 Å². The molecule has 0 atom stereocenters. The summed E-state index contributed by atoms with van der Waals surface area (Å²) in [4.78, 5) is 32.6. The number of aliphatic carboxylic acids is 1. The van der Waals surface area contributed by atoms with E-state index < -0.39 is 5.97 Å². The van der Waals surface area contributed by atoms with Crippen LogP contribution >= 0.6 is 0 Å².